The fraction of sp³-hybridized carbons (Fsp3) is 0.560. The molecule has 32 heavy (non-hydrogen) atoms. The fourth-order valence-electron chi connectivity index (χ4n) is 4.55. The summed E-state index contributed by atoms with van der Waals surface area (Å²) < 4.78 is 18.5. The summed E-state index contributed by atoms with van der Waals surface area (Å²) in [5.41, 5.74) is 3.57. The van der Waals surface area contributed by atoms with Gasteiger partial charge in [-0.15, -0.1) is 0 Å². The first-order chi connectivity index (χ1) is 15.3. The fourth-order valence-corrected chi connectivity index (χ4v) is 4.55. The number of nitriles is 1. The van der Waals surface area contributed by atoms with E-state index in [0.717, 1.165) is 48.2 Å². The van der Waals surface area contributed by atoms with Crippen molar-refractivity contribution < 1.29 is 14.2 Å². The molecule has 0 spiro atoms. The normalized spacial score (nSPS) is 17.3. The average Bonchev–Trinajstić information content (AvgIpc) is 3.59. The monoisotopic (exact) mass is 437 g/mol. The number of ether oxygens (including phenoxy) is 3. The number of methoxy groups -OCH3 is 2. The summed E-state index contributed by atoms with van der Waals surface area (Å²) in [6, 6.07) is 6.04. The van der Waals surface area contributed by atoms with Crippen LogP contribution in [-0.2, 0) is 11.2 Å². The first-order valence-electron chi connectivity index (χ1n) is 11.2. The van der Waals surface area contributed by atoms with Gasteiger partial charge in [0.1, 0.15) is 11.6 Å². The van der Waals surface area contributed by atoms with Gasteiger partial charge in [-0.3, -0.25) is 4.79 Å². The van der Waals surface area contributed by atoms with Crippen molar-refractivity contribution in [3.8, 4) is 29.1 Å². The Morgan fingerprint density at radius 3 is 2.56 bits per heavy atom. The first kappa shape index (κ1) is 22.3. The number of rotatable bonds is 7. The number of nitrogens with zero attached hydrogens (tertiary/aromatic N) is 3. The Bertz CT molecular complexity index is 1120. The SMILES string of the molecule is COCCCOc1cc2c(nc1OC)-c1c(cc(C#N)c(=O)n1C1CC1)C(C(C)(C)C)C2. The van der Waals surface area contributed by atoms with Gasteiger partial charge < -0.3 is 18.8 Å². The second-order valence-electron chi connectivity index (χ2n) is 9.70. The van der Waals surface area contributed by atoms with Crippen molar-refractivity contribution in [1.82, 2.24) is 9.55 Å². The molecule has 1 fully saturated rings. The second-order valence-corrected chi connectivity index (χ2v) is 9.70. The summed E-state index contributed by atoms with van der Waals surface area (Å²) in [6.45, 7) is 7.72. The molecule has 7 heteroatoms. The molecule has 2 aromatic rings. The Balaban J connectivity index is 1.91. The number of fused-ring (bicyclic) bond motifs is 3. The highest BCUT2D eigenvalue weighted by atomic mass is 16.5. The first-order valence-corrected chi connectivity index (χ1v) is 11.2. The summed E-state index contributed by atoms with van der Waals surface area (Å²) in [7, 11) is 3.24. The molecular weight excluding hydrogens is 406 g/mol. The molecule has 0 N–H and O–H groups in total. The van der Waals surface area contributed by atoms with Crippen LogP contribution in [0.5, 0.6) is 11.6 Å². The van der Waals surface area contributed by atoms with E-state index in [2.05, 4.69) is 26.8 Å². The number of hydrogen-bond donors (Lipinski definition) is 0. The van der Waals surface area contributed by atoms with Crippen molar-refractivity contribution in [2.45, 2.75) is 58.4 Å². The van der Waals surface area contributed by atoms with Crippen LogP contribution >= 0.6 is 0 Å². The molecule has 0 bridgehead atoms. The quantitative estimate of drug-likeness (QED) is 0.603. The van der Waals surface area contributed by atoms with E-state index in [1.165, 1.54) is 0 Å². The zero-order valence-electron chi connectivity index (χ0n) is 19.5. The maximum absolute atomic E-state index is 13.2. The Hall–Kier alpha value is -2.85. The molecule has 2 aromatic heterocycles. The molecule has 4 rings (SSSR count). The van der Waals surface area contributed by atoms with E-state index in [9.17, 15) is 10.1 Å². The highest BCUT2D eigenvalue weighted by Gasteiger charge is 2.39. The predicted molar refractivity (Wildman–Crippen MR) is 121 cm³/mol. The average molecular weight is 438 g/mol. The van der Waals surface area contributed by atoms with E-state index in [1.807, 2.05) is 10.6 Å². The van der Waals surface area contributed by atoms with E-state index >= 15 is 0 Å². The van der Waals surface area contributed by atoms with E-state index in [4.69, 9.17) is 19.2 Å². The summed E-state index contributed by atoms with van der Waals surface area (Å²) >= 11 is 0. The van der Waals surface area contributed by atoms with E-state index in [-0.39, 0.29) is 28.5 Å². The molecule has 0 aromatic carbocycles. The van der Waals surface area contributed by atoms with Crippen molar-refractivity contribution in [3.05, 3.63) is 39.2 Å². The van der Waals surface area contributed by atoms with Crippen molar-refractivity contribution >= 4 is 0 Å². The van der Waals surface area contributed by atoms with Crippen LogP contribution in [0, 0.1) is 16.7 Å². The van der Waals surface area contributed by atoms with Gasteiger partial charge in [-0.1, -0.05) is 20.8 Å². The van der Waals surface area contributed by atoms with Gasteiger partial charge in [-0.25, -0.2) is 4.98 Å². The van der Waals surface area contributed by atoms with Crippen molar-refractivity contribution in [1.29, 1.82) is 5.26 Å². The number of hydrogen-bond acceptors (Lipinski definition) is 6. The van der Waals surface area contributed by atoms with Gasteiger partial charge in [0, 0.05) is 26.2 Å². The molecule has 7 nitrogen and oxygen atoms in total. The third kappa shape index (κ3) is 4.00. The number of aromatic nitrogens is 2. The molecule has 0 amide bonds. The largest absolute Gasteiger partial charge is 0.488 e. The van der Waals surface area contributed by atoms with Crippen LogP contribution in [0.25, 0.3) is 11.4 Å². The lowest BCUT2D eigenvalue weighted by atomic mass is 9.69. The topological polar surface area (TPSA) is 86.4 Å². The zero-order chi connectivity index (χ0) is 23.0. The minimum absolute atomic E-state index is 0.0651. The van der Waals surface area contributed by atoms with Crippen LogP contribution in [-0.4, -0.2) is 37.0 Å². The molecule has 2 aliphatic rings. The highest BCUT2D eigenvalue weighted by molar-refractivity contribution is 5.71. The minimum atomic E-state index is -0.227. The predicted octanol–water partition coefficient (Wildman–Crippen LogP) is 4.23. The van der Waals surface area contributed by atoms with Crippen LogP contribution in [0.3, 0.4) is 0 Å². The standard InChI is InChI=1S/C25H31N3O4/c1-25(2,3)19-12-15-13-20(32-10-6-9-30-4)23(31-5)27-21(15)22-18(19)11-16(14-26)24(29)28(22)17-7-8-17/h11,13,17,19H,6-10,12H2,1-5H3. The smallest absolute Gasteiger partial charge is 0.269 e. The molecular formula is C25H31N3O4. The molecule has 2 heterocycles. The summed E-state index contributed by atoms with van der Waals surface area (Å²) in [4.78, 5) is 18.0. The van der Waals surface area contributed by atoms with Gasteiger partial charge in [-0.2, -0.15) is 5.26 Å². The lowest BCUT2D eigenvalue weighted by Gasteiger charge is -2.37. The summed E-state index contributed by atoms with van der Waals surface area (Å²) in [6.07, 6.45) is 3.40. The third-order valence-electron chi connectivity index (χ3n) is 6.34. The van der Waals surface area contributed by atoms with Crippen LogP contribution in [0.4, 0.5) is 0 Å². The van der Waals surface area contributed by atoms with Crippen molar-refractivity contribution in [2.75, 3.05) is 27.4 Å². The van der Waals surface area contributed by atoms with Gasteiger partial charge in [0.05, 0.1) is 25.1 Å². The Kier molecular flexibility index (Phi) is 6.00. The zero-order valence-corrected chi connectivity index (χ0v) is 19.5. The molecule has 0 saturated heterocycles. The van der Waals surface area contributed by atoms with Crippen LogP contribution in [0.15, 0.2) is 16.9 Å². The lowest BCUT2D eigenvalue weighted by Crippen LogP contribution is -2.32. The number of pyridine rings is 2. The lowest BCUT2D eigenvalue weighted by molar-refractivity contribution is 0.170. The highest BCUT2D eigenvalue weighted by Crippen LogP contribution is 2.50. The Morgan fingerprint density at radius 2 is 1.97 bits per heavy atom. The van der Waals surface area contributed by atoms with Crippen LogP contribution in [0.2, 0.25) is 0 Å². The van der Waals surface area contributed by atoms with Gasteiger partial charge in [0.2, 0.25) is 0 Å². The van der Waals surface area contributed by atoms with Crippen LogP contribution in [0.1, 0.15) is 68.7 Å². The van der Waals surface area contributed by atoms with Crippen molar-refractivity contribution in [3.63, 3.8) is 0 Å². The maximum Gasteiger partial charge on any atom is 0.269 e. The Morgan fingerprint density at radius 1 is 1.22 bits per heavy atom. The summed E-state index contributed by atoms with van der Waals surface area (Å²) in [5.74, 6) is 1.15. The summed E-state index contributed by atoms with van der Waals surface area (Å²) in [5, 5.41) is 9.65. The molecule has 1 saturated carbocycles. The maximum atomic E-state index is 13.2. The van der Waals surface area contributed by atoms with Gasteiger partial charge in [0.25, 0.3) is 11.4 Å². The minimum Gasteiger partial charge on any atom is -0.488 e. The van der Waals surface area contributed by atoms with Gasteiger partial charge >= 0.3 is 0 Å². The molecule has 170 valence electrons. The van der Waals surface area contributed by atoms with Gasteiger partial charge in [0.15, 0.2) is 5.75 Å². The van der Waals surface area contributed by atoms with E-state index in [1.54, 1.807) is 20.3 Å². The van der Waals surface area contributed by atoms with Crippen LogP contribution < -0.4 is 15.0 Å². The molecule has 0 aliphatic heterocycles. The second kappa shape index (κ2) is 8.59. The van der Waals surface area contributed by atoms with Gasteiger partial charge in [-0.05, 0) is 53.9 Å². The van der Waals surface area contributed by atoms with E-state index < -0.39 is 0 Å². The molecule has 2 aliphatic carbocycles. The molecule has 1 unspecified atom stereocenters. The van der Waals surface area contributed by atoms with Crippen molar-refractivity contribution in [2.24, 2.45) is 5.41 Å². The van der Waals surface area contributed by atoms with E-state index in [0.29, 0.717) is 24.8 Å². The Labute approximate surface area is 188 Å². The third-order valence-corrected chi connectivity index (χ3v) is 6.34. The molecule has 0 radical (unpaired) electrons. The molecule has 1 atom stereocenters.